The Morgan fingerprint density at radius 1 is 1.38 bits per heavy atom. The predicted molar refractivity (Wildman–Crippen MR) is 59.2 cm³/mol. The molecule has 3 heteroatoms. The maximum absolute atomic E-state index is 3.54. The van der Waals surface area contributed by atoms with Gasteiger partial charge in [0.05, 0.1) is 0 Å². The minimum absolute atomic E-state index is 0.798. The lowest BCUT2D eigenvalue weighted by Gasteiger charge is -2.20. The number of likely N-dealkylation sites (tertiary alicyclic amines) is 1. The largest absolute Gasteiger partial charge is 0.316 e. The van der Waals surface area contributed by atoms with Crippen molar-refractivity contribution in [3.8, 4) is 0 Å². The molecule has 0 bridgehead atoms. The van der Waals surface area contributed by atoms with Gasteiger partial charge in [0.25, 0.3) is 0 Å². The molecule has 2 saturated heterocycles. The summed E-state index contributed by atoms with van der Waals surface area (Å²) in [6.45, 7) is 8.76. The van der Waals surface area contributed by atoms with E-state index in [1.807, 2.05) is 0 Å². The average molecular weight is 247 g/mol. The summed E-state index contributed by atoms with van der Waals surface area (Å²) in [6.07, 6.45) is 0. The second-order valence-electron chi connectivity index (χ2n) is 4.66. The van der Waals surface area contributed by atoms with Gasteiger partial charge in [-0.1, -0.05) is 22.9 Å². The first-order chi connectivity index (χ1) is 6.29. The molecule has 2 nitrogen and oxygen atoms in total. The van der Waals surface area contributed by atoms with Crippen molar-refractivity contribution in [3.05, 3.63) is 0 Å². The second-order valence-corrected chi connectivity index (χ2v) is 5.30. The number of nitrogens with zero attached hydrogens (tertiary/aromatic N) is 1. The lowest BCUT2D eigenvalue weighted by molar-refractivity contribution is 0.281. The van der Waals surface area contributed by atoms with E-state index in [1.54, 1.807) is 0 Å². The highest BCUT2D eigenvalue weighted by atomic mass is 79.9. The van der Waals surface area contributed by atoms with Crippen LogP contribution < -0.4 is 5.32 Å². The Bertz CT molecular complexity index is 160. The number of hydrogen-bond acceptors (Lipinski definition) is 2. The smallest absolute Gasteiger partial charge is 0.00692 e. The molecule has 3 atom stereocenters. The zero-order chi connectivity index (χ0) is 9.26. The normalized spacial score (nSPS) is 36.5. The molecule has 0 saturated carbocycles. The minimum atomic E-state index is 0.798. The van der Waals surface area contributed by atoms with Gasteiger partial charge in [0.15, 0.2) is 0 Å². The molecule has 0 aliphatic carbocycles. The van der Waals surface area contributed by atoms with E-state index < -0.39 is 0 Å². The molecular weight excluding hydrogens is 228 g/mol. The van der Waals surface area contributed by atoms with E-state index >= 15 is 0 Å². The van der Waals surface area contributed by atoms with E-state index in [0.717, 1.165) is 23.1 Å². The third-order valence-electron chi connectivity index (χ3n) is 3.30. The van der Waals surface area contributed by atoms with Gasteiger partial charge in [0.1, 0.15) is 0 Å². The summed E-state index contributed by atoms with van der Waals surface area (Å²) in [5.41, 5.74) is 0. The van der Waals surface area contributed by atoms with Crippen LogP contribution in [0.15, 0.2) is 0 Å². The summed E-state index contributed by atoms with van der Waals surface area (Å²) in [4.78, 5) is 2.64. The summed E-state index contributed by atoms with van der Waals surface area (Å²) in [6, 6.07) is 0. The Balaban J connectivity index is 1.78. The van der Waals surface area contributed by atoms with Crippen LogP contribution in [0.4, 0.5) is 0 Å². The van der Waals surface area contributed by atoms with Crippen LogP contribution in [0.3, 0.4) is 0 Å². The maximum atomic E-state index is 3.54. The summed E-state index contributed by atoms with van der Waals surface area (Å²) < 4.78 is 0. The van der Waals surface area contributed by atoms with E-state index in [9.17, 15) is 0 Å². The van der Waals surface area contributed by atoms with Crippen LogP contribution in [0.1, 0.15) is 6.92 Å². The van der Waals surface area contributed by atoms with Crippen molar-refractivity contribution in [2.24, 2.45) is 17.8 Å². The summed E-state index contributed by atoms with van der Waals surface area (Å²) in [5, 5.41) is 4.61. The first-order valence-electron chi connectivity index (χ1n) is 5.28. The fraction of sp³-hybridized carbons (Fsp3) is 1.00. The number of halogens is 1. The van der Waals surface area contributed by atoms with Gasteiger partial charge in [0.2, 0.25) is 0 Å². The fourth-order valence-electron chi connectivity index (χ4n) is 2.59. The molecule has 2 heterocycles. The van der Waals surface area contributed by atoms with Crippen LogP contribution in [0.25, 0.3) is 0 Å². The van der Waals surface area contributed by atoms with Crippen LogP contribution in [-0.2, 0) is 0 Å². The third-order valence-corrected chi connectivity index (χ3v) is 4.40. The lowest BCUT2D eigenvalue weighted by atomic mass is 10.0. The molecule has 2 fully saturated rings. The number of fused-ring (bicyclic) bond motifs is 1. The third kappa shape index (κ3) is 2.25. The van der Waals surface area contributed by atoms with Crippen molar-refractivity contribution < 1.29 is 0 Å². The quantitative estimate of drug-likeness (QED) is 0.753. The first-order valence-corrected chi connectivity index (χ1v) is 6.40. The molecule has 2 rings (SSSR count). The van der Waals surface area contributed by atoms with Crippen LogP contribution >= 0.6 is 15.9 Å². The lowest BCUT2D eigenvalue weighted by Crippen LogP contribution is -2.30. The molecule has 3 unspecified atom stereocenters. The Morgan fingerprint density at radius 2 is 2.00 bits per heavy atom. The predicted octanol–water partition coefficient (Wildman–Crippen LogP) is 1.17. The molecule has 0 aromatic rings. The maximum Gasteiger partial charge on any atom is 0.00692 e. The monoisotopic (exact) mass is 246 g/mol. The van der Waals surface area contributed by atoms with E-state index in [0.29, 0.717) is 0 Å². The number of nitrogens with one attached hydrogen (secondary N) is 1. The molecule has 0 spiro atoms. The van der Waals surface area contributed by atoms with Gasteiger partial charge in [-0.3, -0.25) is 0 Å². The summed E-state index contributed by atoms with van der Waals surface area (Å²) in [5.74, 6) is 2.69. The van der Waals surface area contributed by atoms with Crippen molar-refractivity contribution in [1.29, 1.82) is 0 Å². The van der Waals surface area contributed by atoms with Crippen molar-refractivity contribution >= 4 is 15.9 Å². The molecule has 2 aliphatic heterocycles. The van der Waals surface area contributed by atoms with E-state index in [-0.39, 0.29) is 0 Å². The van der Waals surface area contributed by atoms with E-state index in [4.69, 9.17) is 0 Å². The Kier molecular flexibility index (Phi) is 3.27. The molecule has 13 heavy (non-hydrogen) atoms. The molecule has 2 aliphatic rings. The minimum Gasteiger partial charge on any atom is -0.316 e. The topological polar surface area (TPSA) is 15.3 Å². The summed E-state index contributed by atoms with van der Waals surface area (Å²) in [7, 11) is 0. The van der Waals surface area contributed by atoms with Gasteiger partial charge in [-0.25, -0.2) is 0 Å². The summed E-state index contributed by atoms with van der Waals surface area (Å²) >= 11 is 3.54. The van der Waals surface area contributed by atoms with Crippen molar-refractivity contribution in [1.82, 2.24) is 10.2 Å². The van der Waals surface area contributed by atoms with E-state index in [1.165, 1.54) is 32.7 Å². The molecule has 0 aromatic heterocycles. The highest BCUT2D eigenvalue weighted by Gasteiger charge is 2.35. The van der Waals surface area contributed by atoms with Crippen LogP contribution in [0.2, 0.25) is 0 Å². The zero-order valence-corrected chi connectivity index (χ0v) is 9.89. The van der Waals surface area contributed by atoms with Crippen molar-refractivity contribution in [2.75, 3.05) is 38.1 Å². The van der Waals surface area contributed by atoms with Crippen LogP contribution in [0, 0.1) is 17.8 Å². The number of alkyl halides is 1. The van der Waals surface area contributed by atoms with Crippen molar-refractivity contribution in [2.45, 2.75) is 6.92 Å². The highest BCUT2D eigenvalue weighted by Crippen LogP contribution is 2.26. The van der Waals surface area contributed by atoms with Gasteiger partial charge < -0.3 is 10.2 Å². The molecular formula is C10H19BrN2. The van der Waals surface area contributed by atoms with Gasteiger partial charge in [-0.05, 0) is 30.8 Å². The number of hydrogen-bond donors (Lipinski definition) is 1. The fourth-order valence-corrected chi connectivity index (χ4v) is 2.80. The molecule has 0 amide bonds. The van der Waals surface area contributed by atoms with Crippen LogP contribution in [0.5, 0.6) is 0 Å². The number of rotatable bonds is 3. The molecule has 0 radical (unpaired) electrons. The molecule has 76 valence electrons. The van der Waals surface area contributed by atoms with E-state index in [2.05, 4.69) is 33.1 Å². The zero-order valence-electron chi connectivity index (χ0n) is 8.30. The second kappa shape index (κ2) is 4.28. The standard InChI is InChI=1S/C10H19BrN2/c1-8(2-11)5-13-6-9-3-12-4-10(9)7-13/h8-10,12H,2-7H2,1H3. The first kappa shape index (κ1) is 9.94. The Morgan fingerprint density at radius 3 is 2.54 bits per heavy atom. The Hall–Kier alpha value is 0.400. The highest BCUT2D eigenvalue weighted by molar-refractivity contribution is 9.09. The van der Waals surface area contributed by atoms with Gasteiger partial charge >= 0.3 is 0 Å². The average Bonchev–Trinajstić information content (AvgIpc) is 2.63. The molecule has 1 N–H and O–H groups in total. The van der Waals surface area contributed by atoms with Gasteiger partial charge in [-0.15, -0.1) is 0 Å². The van der Waals surface area contributed by atoms with Gasteiger partial charge in [-0.2, -0.15) is 0 Å². The van der Waals surface area contributed by atoms with Gasteiger partial charge in [0, 0.05) is 25.0 Å². The SMILES string of the molecule is CC(CBr)CN1CC2CNCC2C1. The van der Waals surface area contributed by atoms with Crippen LogP contribution in [-0.4, -0.2) is 43.0 Å². The Labute approximate surface area is 89.2 Å². The van der Waals surface area contributed by atoms with Crippen molar-refractivity contribution in [3.63, 3.8) is 0 Å². The molecule has 0 aromatic carbocycles.